The fraction of sp³-hybridized carbons (Fsp3) is 0.250. The molecule has 5 heteroatoms. The summed E-state index contributed by atoms with van der Waals surface area (Å²) in [5.41, 5.74) is 1.65. The minimum absolute atomic E-state index is 0.0923. The number of aliphatic hydroxyl groups is 1. The van der Waals surface area contributed by atoms with E-state index in [1.807, 2.05) is 0 Å². The molecule has 0 radical (unpaired) electrons. The van der Waals surface area contributed by atoms with Gasteiger partial charge in [-0.2, -0.15) is 0 Å². The molecule has 4 N–H and O–H groups in total. The van der Waals surface area contributed by atoms with E-state index in [9.17, 15) is 20.4 Å². The van der Waals surface area contributed by atoms with Crippen LogP contribution in [0.3, 0.4) is 0 Å². The Morgan fingerprint density at radius 3 is 2.57 bits per heavy atom. The summed E-state index contributed by atoms with van der Waals surface area (Å²) in [6.45, 7) is 1.66. The summed E-state index contributed by atoms with van der Waals surface area (Å²) in [7, 11) is 0. The molecule has 3 rings (SSSR count). The van der Waals surface area contributed by atoms with Crippen LogP contribution < -0.4 is 4.74 Å². The molecular weight excluding hydrogens is 272 g/mol. The fourth-order valence-electron chi connectivity index (χ4n) is 2.64. The Hall–Kier alpha value is -2.40. The maximum Gasteiger partial charge on any atom is 0.160 e. The zero-order valence-electron chi connectivity index (χ0n) is 11.4. The van der Waals surface area contributed by atoms with Crippen molar-refractivity contribution in [3.05, 3.63) is 47.0 Å². The van der Waals surface area contributed by atoms with Crippen molar-refractivity contribution in [2.75, 3.05) is 0 Å². The maximum atomic E-state index is 10.3. The third kappa shape index (κ3) is 2.25. The predicted octanol–water partition coefficient (Wildman–Crippen LogP) is 2.15. The molecule has 110 valence electrons. The van der Waals surface area contributed by atoms with Crippen LogP contribution in [0.1, 0.15) is 22.8 Å². The van der Waals surface area contributed by atoms with Crippen LogP contribution in [-0.2, 0) is 6.42 Å². The molecule has 1 aliphatic heterocycles. The lowest BCUT2D eigenvalue weighted by atomic mass is 9.93. The van der Waals surface area contributed by atoms with Gasteiger partial charge in [-0.15, -0.1) is 0 Å². The van der Waals surface area contributed by atoms with Gasteiger partial charge >= 0.3 is 0 Å². The zero-order chi connectivity index (χ0) is 15.1. The lowest BCUT2D eigenvalue weighted by molar-refractivity contribution is 0.0198. The second kappa shape index (κ2) is 4.86. The molecule has 2 aromatic carbocycles. The largest absolute Gasteiger partial charge is 0.508 e. The molecule has 0 aromatic heterocycles. The molecule has 0 spiro atoms. The van der Waals surface area contributed by atoms with Gasteiger partial charge < -0.3 is 25.2 Å². The van der Waals surface area contributed by atoms with Crippen molar-refractivity contribution in [2.45, 2.75) is 25.6 Å². The van der Waals surface area contributed by atoms with Gasteiger partial charge in [0.25, 0.3) is 0 Å². The van der Waals surface area contributed by atoms with Crippen molar-refractivity contribution < 1.29 is 25.2 Å². The number of aliphatic hydroxyl groups excluding tert-OH is 1. The lowest BCUT2D eigenvalue weighted by Gasteiger charge is -2.31. The van der Waals surface area contributed by atoms with Crippen molar-refractivity contribution in [1.82, 2.24) is 0 Å². The highest BCUT2D eigenvalue weighted by atomic mass is 16.5. The summed E-state index contributed by atoms with van der Waals surface area (Å²) < 4.78 is 5.76. The Labute approximate surface area is 121 Å². The van der Waals surface area contributed by atoms with Gasteiger partial charge in [0.1, 0.15) is 17.6 Å². The molecule has 1 aliphatic rings. The van der Waals surface area contributed by atoms with Crippen LogP contribution >= 0.6 is 0 Å². The van der Waals surface area contributed by atoms with E-state index >= 15 is 0 Å². The highest BCUT2D eigenvalue weighted by Crippen LogP contribution is 2.41. The van der Waals surface area contributed by atoms with Gasteiger partial charge in [-0.3, -0.25) is 0 Å². The number of hydrogen-bond donors (Lipinski definition) is 4. The highest BCUT2D eigenvalue weighted by molar-refractivity contribution is 5.50. The molecule has 5 nitrogen and oxygen atoms in total. The van der Waals surface area contributed by atoms with E-state index in [0.29, 0.717) is 22.4 Å². The van der Waals surface area contributed by atoms with Crippen LogP contribution in [0.15, 0.2) is 30.3 Å². The Balaban J connectivity index is 2.01. The number of aryl methyl sites for hydroxylation is 1. The average molecular weight is 288 g/mol. The smallest absolute Gasteiger partial charge is 0.160 e. The number of hydrogen-bond acceptors (Lipinski definition) is 5. The topological polar surface area (TPSA) is 90.2 Å². The first kappa shape index (κ1) is 13.6. The van der Waals surface area contributed by atoms with E-state index in [1.165, 1.54) is 6.07 Å². The molecule has 0 bridgehead atoms. The second-order valence-electron chi connectivity index (χ2n) is 5.27. The van der Waals surface area contributed by atoms with Gasteiger partial charge in [-0.1, -0.05) is 6.07 Å². The maximum absolute atomic E-state index is 10.3. The van der Waals surface area contributed by atoms with Gasteiger partial charge in [0, 0.05) is 12.0 Å². The van der Waals surface area contributed by atoms with E-state index in [0.717, 1.165) is 0 Å². The number of rotatable bonds is 1. The molecule has 2 aromatic rings. The quantitative estimate of drug-likeness (QED) is 0.604. The van der Waals surface area contributed by atoms with E-state index in [-0.39, 0.29) is 23.7 Å². The minimum atomic E-state index is -0.853. The van der Waals surface area contributed by atoms with Crippen molar-refractivity contribution in [3.63, 3.8) is 0 Å². The van der Waals surface area contributed by atoms with Gasteiger partial charge in [0.05, 0.1) is 6.10 Å². The molecule has 0 fully saturated rings. The Bertz CT molecular complexity index is 672. The van der Waals surface area contributed by atoms with E-state index in [1.54, 1.807) is 31.2 Å². The number of ether oxygens (including phenoxy) is 1. The number of fused-ring (bicyclic) bond motifs is 1. The molecule has 0 saturated heterocycles. The summed E-state index contributed by atoms with van der Waals surface area (Å²) >= 11 is 0. The number of phenols is 3. The van der Waals surface area contributed by atoms with Crippen molar-refractivity contribution in [2.24, 2.45) is 0 Å². The van der Waals surface area contributed by atoms with Crippen LogP contribution in [0.4, 0.5) is 0 Å². The van der Waals surface area contributed by atoms with Crippen LogP contribution in [0, 0.1) is 6.92 Å². The molecule has 0 saturated carbocycles. The van der Waals surface area contributed by atoms with Crippen molar-refractivity contribution >= 4 is 0 Å². The molecular formula is C16H16O5. The summed E-state index contributed by atoms with van der Waals surface area (Å²) in [5, 5.41) is 39.4. The molecule has 0 aliphatic carbocycles. The standard InChI is InChI=1S/C16H16O5/c1-8-5-9(6-12(18)15(8)20)16-13(19)7-10-11(17)3-2-4-14(10)21-16/h2-6,13,16-20H,7H2,1H3/t13-,16-/m1/s1. The van der Waals surface area contributed by atoms with Crippen LogP contribution in [-0.4, -0.2) is 26.5 Å². The minimum Gasteiger partial charge on any atom is -0.508 e. The monoisotopic (exact) mass is 288 g/mol. The van der Waals surface area contributed by atoms with Crippen LogP contribution in [0.25, 0.3) is 0 Å². The SMILES string of the molecule is Cc1cc([C@H]2Oc3cccc(O)c3C[C@H]2O)cc(O)c1O. The van der Waals surface area contributed by atoms with E-state index < -0.39 is 12.2 Å². The Kier molecular flexibility index (Phi) is 3.14. The summed E-state index contributed by atoms with van der Waals surface area (Å²) in [6, 6.07) is 7.98. The predicted molar refractivity (Wildman–Crippen MR) is 75.7 cm³/mol. The first-order valence-corrected chi connectivity index (χ1v) is 6.65. The number of benzene rings is 2. The average Bonchev–Trinajstić information content (AvgIpc) is 2.45. The molecule has 1 heterocycles. The van der Waals surface area contributed by atoms with Gasteiger partial charge in [0.15, 0.2) is 11.5 Å². The first-order chi connectivity index (χ1) is 9.97. The summed E-state index contributed by atoms with van der Waals surface area (Å²) in [5.74, 6) is 0.176. The molecule has 21 heavy (non-hydrogen) atoms. The normalized spacial score (nSPS) is 20.7. The van der Waals surface area contributed by atoms with Crippen LogP contribution in [0.5, 0.6) is 23.0 Å². The third-order valence-electron chi connectivity index (χ3n) is 3.76. The summed E-state index contributed by atoms with van der Waals surface area (Å²) in [6.07, 6.45) is -1.26. The second-order valence-corrected chi connectivity index (χ2v) is 5.27. The highest BCUT2D eigenvalue weighted by Gasteiger charge is 2.32. The molecule has 0 amide bonds. The summed E-state index contributed by atoms with van der Waals surface area (Å²) in [4.78, 5) is 0. The lowest BCUT2D eigenvalue weighted by Crippen LogP contribution is -2.30. The Morgan fingerprint density at radius 2 is 1.86 bits per heavy atom. The third-order valence-corrected chi connectivity index (χ3v) is 3.76. The van der Waals surface area contributed by atoms with Gasteiger partial charge in [-0.25, -0.2) is 0 Å². The number of aromatic hydroxyl groups is 3. The van der Waals surface area contributed by atoms with Crippen LogP contribution in [0.2, 0.25) is 0 Å². The first-order valence-electron chi connectivity index (χ1n) is 6.65. The van der Waals surface area contributed by atoms with E-state index in [4.69, 9.17) is 4.74 Å². The Morgan fingerprint density at radius 1 is 1.10 bits per heavy atom. The van der Waals surface area contributed by atoms with Gasteiger partial charge in [-0.05, 0) is 42.3 Å². The van der Waals surface area contributed by atoms with E-state index in [2.05, 4.69) is 0 Å². The number of phenolic OH excluding ortho intramolecular Hbond substituents is 3. The zero-order valence-corrected chi connectivity index (χ0v) is 11.4. The van der Waals surface area contributed by atoms with Crippen molar-refractivity contribution in [3.8, 4) is 23.0 Å². The van der Waals surface area contributed by atoms with Gasteiger partial charge in [0.2, 0.25) is 0 Å². The van der Waals surface area contributed by atoms with Crippen molar-refractivity contribution in [1.29, 1.82) is 0 Å². The molecule has 0 unspecified atom stereocenters. The fourth-order valence-corrected chi connectivity index (χ4v) is 2.64. The molecule has 2 atom stereocenters.